The van der Waals surface area contributed by atoms with Crippen molar-refractivity contribution in [3.05, 3.63) is 27.8 Å². The van der Waals surface area contributed by atoms with E-state index in [4.69, 9.17) is 5.11 Å². The molecule has 92 valence electrons. The standard InChI is InChI=1S/C11H13IN2O3/c1-2-14(7-10(15)16)11(17)13-9-6-4-3-5-8(9)12/h3-6H,2,7H2,1H3,(H,13,17)(H,15,16). The number of benzene rings is 1. The Labute approximate surface area is 113 Å². The minimum Gasteiger partial charge on any atom is -0.480 e. The summed E-state index contributed by atoms with van der Waals surface area (Å²) in [6, 6.07) is 6.91. The van der Waals surface area contributed by atoms with E-state index in [1.54, 1.807) is 13.0 Å². The van der Waals surface area contributed by atoms with E-state index >= 15 is 0 Å². The van der Waals surface area contributed by atoms with E-state index in [1.807, 2.05) is 18.2 Å². The van der Waals surface area contributed by atoms with Crippen LogP contribution in [0, 0.1) is 3.57 Å². The van der Waals surface area contributed by atoms with Crippen LogP contribution in [0.5, 0.6) is 0 Å². The zero-order valence-electron chi connectivity index (χ0n) is 9.31. The maximum Gasteiger partial charge on any atom is 0.323 e. The van der Waals surface area contributed by atoms with Gasteiger partial charge in [-0.05, 0) is 41.6 Å². The Kier molecular flexibility index (Phi) is 5.20. The fourth-order valence-electron chi connectivity index (χ4n) is 1.25. The molecule has 0 heterocycles. The Morgan fingerprint density at radius 2 is 2.06 bits per heavy atom. The highest BCUT2D eigenvalue weighted by Gasteiger charge is 2.15. The van der Waals surface area contributed by atoms with Crippen molar-refractivity contribution >= 4 is 40.3 Å². The molecule has 1 aromatic rings. The highest BCUT2D eigenvalue weighted by Crippen LogP contribution is 2.17. The molecule has 0 aliphatic heterocycles. The summed E-state index contributed by atoms with van der Waals surface area (Å²) in [5, 5.41) is 11.3. The molecule has 0 aliphatic rings. The van der Waals surface area contributed by atoms with Crippen molar-refractivity contribution < 1.29 is 14.7 Å². The zero-order valence-corrected chi connectivity index (χ0v) is 11.5. The van der Waals surface area contributed by atoms with Gasteiger partial charge in [-0.15, -0.1) is 0 Å². The van der Waals surface area contributed by atoms with Crippen LogP contribution < -0.4 is 5.32 Å². The van der Waals surface area contributed by atoms with Gasteiger partial charge < -0.3 is 15.3 Å². The number of halogens is 1. The summed E-state index contributed by atoms with van der Waals surface area (Å²) in [4.78, 5) is 23.6. The Morgan fingerprint density at radius 3 is 2.59 bits per heavy atom. The van der Waals surface area contributed by atoms with Gasteiger partial charge in [-0.1, -0.05) is 12.1 Å². The van der Waals surface area contributed by atoms with Gasteiger partial charge in [-0.3, -0.25) is 4.79 Å². The monoisotopic (exact) mass is 348 g/mol. The number of nitrogens with zero attached hydrogens (tertiary/aromatic N) is 1. The van der Waals surface area contributed by atoms with Crippen LogP contribution in [-0.2, 0) is 4.79 Å². The lowest BCUT2D eigenvalue weighted by atomic mass is 10.3. The predicted octanol–water partition coefficient (Wildman–Crippen LogP) is 2.23. The maximum atomic E-state index is 11.8. The number of carbonyl (C=O) groups excluding carboxylic acids is 1. The van der Waals surface area contributed by atoms with Gasteiger partial charge in [0.15, 0.2) is 0 Å². The van der Waals surface area contributed by atoms with Gasteiger partial charge in [-0.25, -0.2) is 4.79 Å². The van der Waals surface area contributed by atoms with Crippen molar-refractivity contribution in [2.45, 2.75) is 6.92 Å². The second-order valence-corrected chi connectivity index (χ2v) is 4.48. The first-order valence-electron chi connectivity index (χ1n) is 5.06. The van der Waals surface area contributed by atoms with E-state index < -0.39 is 12.0 Å². The van der Waals surface area contributed by atoms with Gasteiger partial charge in [0.05, 0.1) is 5.69 Å². The van der Waals surface area contributed by atoms with E-state index in [0.717, 1.165) is 3.57 Å². The first-order chi connectivity index (χ1) is 8.04. The minimum absolute atomic E-state index is 0.300. The number of nitrogens with one attached hydrogen (secondary N) is 1. The Morgan fingerprint density at radius 1 is 1.41 bits per heavy atom. The molecular formula is C11H13IN2O3. The van der Waals surface area contributed by atoms with Crippen molar-refractivity contribution in [2.75, 3.05) is 18.4 Å². The molecule has 0 spiro atoms. The molecule has 0 fully saturated rings. The molecule has 17 heavy (non-hydrogen) atoms. The molecule has 1 aromatic carbocycles. The highest BCUT2D eigenvalue weighted by molar-refractivity contribution is 14.1. The molecule has 0 aromatic heterocycles. The third-order valence-corrected chi connectivity index (χ3v) is 3.05. The van der Waals surface area contributed by atoms with Gasteiger partial charge in [0.2, 0.25) is 0 Å². The number of carbonyl (C=O) groups is 2. The first-order valence-corrected chi connectivity index (χ1v) is 6.14. The van der Waals surface area contributed by atoms with Crippen LogP contribution in [0.4, 0.5) is 10.5 Å². The van der Waals surface area contributed by atoms with Crippen LogP contribution in [0.1, 0.15) is 6.92 Å². The van der Waals surface area contributed by atoms with Crippen LogP contribution in [-0.4, -0.2) is 35.1 Å². The van der Waals surface area contributed by atoms with Crippen molar-refractivity contribution in [3.63, 3.8) is 0 Å². The number of hydrogen-bond donors (Lipinski definition) is 2. The lowest BCUT2D eigenvalue weighted by molar-refractivity contribution is -0.137. The molecule has 0 unspecified atom stereocenters. The zero-order chi connectivity index (χ0) is 12.8. The summed E-state index contributed by atoms with van der Waals surface area (Å²) in [5.74, 6) is -1.02. The first kappa shape index (κ1) is 13.8. The number of carboxylic acids is 1. The Balaban J connectivity index is 2.71. The minimum atomic E-state index is -1.02. The van der Waals surface area contributed by atoms with Crippen molar-refractivity contribution in [2.24, 2.45) is 0 Å². The summed E-state index contributed by atoms with van der Waals surface area (Å²) < 4.78 is 0.907. The number of rotatable bonds is 4. The van der Waals surface area contributed by atoms with Gasteiger partial charge in [-0.2, -0.15) is 0 Å². The number of anilines is 1. The number of hydrogen-bond acceptors (Lipinski definition) is 2. The summed E-state index contributed by atoms with van der Waals surface area (Å²) >= 11 is 2.11. The topological polar surface area (TPSA) is 69.6 Å². The molecule has 6 heteroatoms. The lowest BCUT2D eigenvalue weighted by Crippen LogP contribution is -2.38. The third-order valence-electron chi connectivity index (χ3n) is 2.11. The van der Waals surface area contributed by atoms with Crippen LogP contribution in [0.2, 0.25) is 0 Å². The number of para-hydroxylation sites is 1. The second kappa shape index (κ2) is 6.43. The van der Waals surface area contributed by atoms with Crippen molar-refractivity contribution in [1.29, 1.82) is 0 Å². The van der Waals surface area contributed by atoms with Crippen molar-refractivity contribution in [3.8, 4) is 0 Å². The summed E-state index contributed by atoms with van der Waals surface area (Å²) in [6.45, 7) is 1.78. The number of urea groups is 1. The van der Waals surface area contributed by atoms with Gasteiger partial charge in [0.1, 0.15) is 6.54 Å². The fourth-order valence-corrected chi connectivity index (χ4v) is 1.77. The molecule has 0 bridgehead atoms. The van der Waals surface area contributed by atoms with E-state index in [-0.39, 0.29) is 6.54 Å². The SMILES string of the molecule is CCN(CC(=O)O)C(=O)Nc1ccccc1I. The quantitative estimate of drug-likeness (QED) is 0.820. The van der Waals surface area contributed by atoms with Gasteiger partial charge >= 0.3 is 12.0 Å². The number of likely N-dealkylation sites (N-methyl/N-ethyl adjacent to an activating group) is 1. The smallest absolute Gasteiger partial charge is 0.323 e. The summed E-state index contributed by atoms with van der Waals surface area (Å²) in [7, 11) is 0. The largest absolute Gasteiger partial charge is 0.480 e. The molecule has 2 amide bonds. The van der Waals surface area contributed by atoms with Crippen LogP contribution in [0.25, 0.3) is 0 Å². The number of amides is 2. The van der Waals surface area contributed by atoms with E-state index in [0.29, 0.717) is 12.2 Å². The van der Waals surface area contributed by atoms with Gasteiger partial charge in [0, 0.05) is 10.1 Å². The highest BCUT2D eigenvalue weighted by atomic mass is 127. The molecular weight excluding hydrogens is 335 g/mol. The predicted molar refractivity (Wildman–Crippen MR) is 73.1 cm³/mol. The molecule has 0 aliphatic carbocycles. The number of carboxylic acid groups (broad SMARTS) is 1. The number of aliphatic carboxylic acids is 1. The van der Waals surface area contributed by atoms with Crippen LogP contribution >= 0.6 is 22.6 Å². The average molecular weight is 348 g/mol. The van der Waals surface area contributed by atoms with E-state index in [9.17, 15) is 9.59 Å². The Hall–Kier alpha value is -1.31. The molecule has 0 saturated heterocycles. The van der Waals surface area contributed by atoms with Crippen molar-refractivity contribution in [1.82, 2.24) is 4.90 Å². The maximum absolute atomic E-state index is 11.8. The average Bonchev–Trinajstić information content (AvgIpc) is 2.28. The molecule has 5 nitrogen and oxygen atoms in total. The van der Waals surface area contributed by atoms with Gasteiger partial charge in [0.25, 0.3) is 0 Å². The van der Waals surface area contributed by atoms with Crippen LogP contribution in [0.3, 0.4) is 0 Å². The third kappa shape index (κ3) is 4.22. The molecule has 0 atom stereocenters. The van der Waals surface area contributed by atoms with E-state index in [2.05, 4.69) is 27.9 Å². The second-order valence-electron chi connectivity index (χ2n) is 3.32. The Bertz CT molecular complexity index is 423. The normalized spacial score (nSPS) is 9.76. The van der Waals surface area contributed by atoms with Crippen LogP contribution in [0.15, 0.2) is 24.3 Å². The molecule has 2 N–H and O–H groups in total. The summed E-state index contributed by atoms with van der Waals surface area (Å²) in [5.41, 5.74) is 0.682. The fraction of sp³-hybridized carbons (Fsp3) is 0.273. The summed E-state index contributed by atoms with van der Waals surface area (Å²) in [6.07, 6.45) is 0. The molecule has 1 rings (SSSR count). The van der Waals surface area contributed by atoms with E-state index in [1.165, 1.54) is 4.90 Å². The lowest BCUT2D eigenvalue weighted by Gasteiger charge is -2.19. The molecule has 0 saturated carbocycles. The molecule has 0 radical (unpaired) electrons.